The zero-order chi connectivity index (χ0) is 5.49. The second-order valence-electron chi connectivity index (χ2n) is 2.27. The Labute approximate surface area is 51.2 Å². The largest absolute Gasteiger partial charge is 0.243 e. The van der Waals surface area contributed by atoms with Gasteiger partial charge in [-0.2, -0.15) is 0 Å². The first-order valence-electron chi connectivity index (χ1n) is 2.44. The highest BCUT2D eigenvalue weighted by Crippen LogP contribution is 2.47. The second kappa shape index (κ2) is 1.44. The molecule has 1 rings (SSSR count). The number of halogens is 2. The summed E-state index contributed by atoms with van der Waals surface area (Å²) in [6.45, 7) is 1.93. The Hall–Kier alpha value is 0.410. The van der Waals surface area contributed by atoms with Gasteiger partial charge in [0.1, 0.15) is 5.67 Å². The molecule has 0 unspecified atom stereocenters. The van der Waals surface area contributed by atoms with Gasteiger partial charge in [-0.25, -0.2) is 4.39 Å². The van der Waals surface area contributed by atoms with Crippen LogP contribution in [-0.4, -0.2) is 11.0 Å². The quantitative estimate of drug-likeness (QED) is 0.524. The number of rotatable bonds is 1. The molecule has 0 aromatic heterocycles. The minimum absolute atomic E-state index is 0.298. The molecule has 1 aliphatic carbocycles. The van der Waals surface area contributed by atoms with Gasteiger partial charge in [-0.1, -0.05) is 22.9 Å². The average Bonchev–Trinajstić information content (AvgIpc) is 2.18. The third-order valence-electron chi connectivity index (χ3n) is 1.59. The van der Waals surface area contributed by atoms with Crippen LogP contribution in [0.2, 0.25) is 0 Å². The Balaban J connectivity index is 2.36. The molecule has 0 radical (unpaired) electrons. The zero-order valence-corrected chi connectivity index (χ0v) is 5.83. The molecule has 1 saturated carbocycles. The van der Waals surface area contributed by atoms with Crippen LogP contribution < -0.4 is 0 Å². The fourth-order valence-electron chi connectivity index (χ4n) is 0.636. The van der Waals surface area contributed by atoms with Gasteiger partial charge < -0.3 is 0 Å². The molecule has 2 heteroatoms. The van der Waals surface area contributed by atoms with Crippen LogP contribution in [0.3, 0.4) is 0 Å². The van der Waals surface area contributed by atoms with Crippen molar-refractivity contribution < 1.29 is 4.39 Å². The van der Waals surface area contributed by atoms with Crippen molar-refractivity contribution in [3.63, 3.8) is 0 Å². The summed E-state index contributed by atoms with van der Waals surface area (Å²) >= 11 is 3.10. The lowest BCUT2D eigenvalue weighted by Crippen LogP contribution is -2.02. The van der Waals surface area contributed by atoms with Crippen molar-refractivity contribution in [3.05, 3.63) is 0 Å². The smallest absolute Gasteiger partial charge is 0.123 e. The Morgan fingerprint density at radius 3 is 2.43 bits per heavy atom. The van der Waals surface area contributed by atoms with Crippen LogP contribution in [0.4, 0.5) is 4.39 Å². The van der Waals surface area contributed by atoms with Gasteiger partial charge in [-0.15, -0.1) is 0 Å². The van der Waals surface area contributed by atoms with E-state index in [2.05, 4.69) is 15.9 Å². The monoisotopic (exact) mass is 166 g/mol. The fraction of sp³-hybridized carbons (Fsp3) is 1.00. The topological polar surface area (TPSA) is 0 Å². The molecule has 0 nitrogen and oxygen atoms in total. The van der Waals surface area contributed by atoms with Crippen LogP contribution >= 0.6 is 15.9 Å². The maximum Gasteiger partial charge on any atom is 0.123 e. The summed E-state index contributed by atoms with van der Waals surface area (Å²) in [5.41, 5.74) is -0.833. The van der Waals surface area contributed by atoms with Gasteiger partial charge in [0, 0.05) is 5.33 Å². The first-order chi connectivity index (χ1) is 3.19. The summed E-state index contributed by atoms with van der Waals surface area (Å²) in [6, 6.07) is 0. The van der Waals surface area contributed by atoms with E-state index in [1.165, 1.54) is 0 Å². The SMILES string of the molecule is C[C@@H]1C[C@@]1(F)CBr. The predicted octanol–water partition coefficient (Wildman–Crippen LogP) is 2.13. The van der Waals surface area contributed by atoms with Crippen molar-refractivity contribution >= 4 is 15.9 Å². The van der Waals surface area contributed by atoms with Gasteiger partial charge in [0.05, 0.1) is 0 Å². The highest BCUT2D eigenvalue weighted by Gasteiger charge is 2.50. The average molecular weight is 167 g/mol. The van der Waals surface area contributed by atoms with Crippen LogP contribution in [0.5, 0.6) is 0 Å². The molecule has 0 heterocycles. The van der Waals surface area contributed by atoms with E-state index in [4.69, 9.17) is 0 Å². The van der Waals surface area contributed by atoms with Gasteiger partial charge in [-0.05, 0) is 12.3 Å². The maximum atomic E-state index is 12.6. The summed E-state index contributed by atoms with van der Waals surface area (Å²) in [4.78, 5) is 0. The van der Waals surface area contributed by atoms with Crippen molar-refractivity contribution in [2.75, 3.05) is 5.33 Å². The zero-order valence-electron chi connectivity index (χ0n) is 4.25. The van der Waals surface area contributed by atoms with Gasteiger partial charge in [-0.3, -0.25) is 0 Å². The maximum absolute atomic E-state index is 12.6. The van der Waals surface area contributed by atoms with E-state index in [1.54, 1.807) is 0 Å². The van der Waals surface area contributed by atoms with Crippen molar-refractivity contribution in [2.24, 2.45) is 5.92 Å². The minimum Gasteiger partial charge on any atom is -0.243 e. The van der Waals surface area contributed by atoms with E-state index in [1.807, 2.05) is 6.92 Å². The highest BCUT2D eigenvalue weighted by atomic mass is 79.9. The van der Waals surface area contributed by atoms with E-state index in [0.29, 0.717) is 11.2 Å². The summed E-state index contributed by atoms with van der Waals surface area (Å²) in [5, 5.41) is 0.515. The molecule has 42 valence electrons. The molecule has 2 atom stereocenters. The lowest BCUT2D eigenvalue weighted by molar-refractivity contribution is 0.323. The molecule has 0 aliphatic heterocycles. The third kappa shape index (κ3) is 0.809. The van der Waals surface area contributed by atoms with Crippen molar-refractivity contribution in [1.29, 1.82) is 0 Å². The first-order valence-corrected chi connectivity index (χ1v) is 3.56. The standard InChI is InChI=1S/C5H8BrF/c1-4-2-5(4,7)3-6/h4H,2-3H2,1H3/t4-,5-/m1/s1. The molecule has 7 heavy (non-hydrogen) atoms. The number of alkyl halides is 2. The molecule has 0 amide bonds. The van der Waals surface area contributed by atoms with Crippen molar-refractivity contribution in [2.45, 2.75) is 19.0 Å². The molecule has 0 saturated heterocycles. The van der Waals surface area contributed by atoms with Gasteiger partial charge in [0.15, 0.2) is 0 Å². The van der Waals surface area contributed by atoms with Gasteiger partial charge >= 0.3 is 0 Å². The van der Waals surface area contributed by atoms with Crippen molar-refractivity contribution in [1.82, 2.24) is 0 Å². The summed E-state index contributed by atoms with van der Waals surface area (Å²) < 4.78 is 12.6. The fourth-order valence-corrected chi connectivity index (χ4v) is 1.42. The Morgan fingerprint density at radius 2 is 2.43 bits per heavy atom. The van der Waals surface area contributed by atoms with Gasteiger partial charge in [0.2, 0.25) is 0 Å². The Morgan fingerprint density at radius 1 is 2.00 bits per heavy atom. The normalized spacial score (nSPS) is 49.3. The molecule has 0 bridgehead atoms. The van der Waals surface area contributed by atoms with Crippen LogP contribution in [0.25, 0.3) is 0 Å². The minimum atomic E-state index is -0.833. The molecule has 1 aliphatic rings. The van der Waals surface area contributed by atoms with Crippen molar-refractivity contribution in [3.8, 4) is 0 Å². The number of hydrogen-bond acceptors (Lipinski definition) is 0. The van der Waals surface area contributed by atoms with E-state index < -0.39 is 5.67 Å². The molecule has 0 aromatic rings. The van der Waals surface area contributed by atoms with Gasteiger partial charge in [0.25, 0.3) is 0 Å². The molecular weight excluding hydrogens is 159 g/mol. The van der Waals surface area contributed by atoms with Crippen LogP contribution in [0.15, 0.2) is 0 Å². The molecule has 0 spiro atoms. The lowest BCUT2D eigenvalue weighted by Gasteiger charge is -1.94. The summed E-state index contributed by atoms with van der Waals surface area (Å²) in [7, 11) is 0. The van der Waals surface area contributed by atoms with Crippen LogP contribution in [0, 0.1) is 5.92 Å². The summed E-state index contributed by atoms with van der Waals surface area (Å²) in [5.74, 6) is 0.298. The molecule has 1 fully saturated rings. The van der Waals surface area contributed by atoms with E-state index in [-0.39, 0.29) is 0 Å². The Bertz CT molecular complexity index is 80.1. The Kier molecular flexibility index (Phi) is 1.14. The molecule has 0 N–H and O–H groups in total. The van der Waals surface area contributed by atoms with E-state index in [0.717, 1.165) is 6.42 Å². The lowest BCUT2D eigenvalue weighted by atomic mass is 10.3. The second-order valence-corrected chi connectivity index (χ2v) is 2.83. The summed E-state index contributed by atoms with van der Waals surface area (Å²) in [6.07, 6.45) is 0.748. The predicted molar refractivity (Wildman–Crippen MR) is 31.4 cm³/mol. The molecular formula is C5H8BrF. The highest BCUT2D eigenvalue weighted by molar-refractivity contribution is 9.09. The first kappa shape index (κ1) is 5.54. The molecule has 0 aromatic carbocycles. The van der Waals surface area contributed by atoms with E-state index in [9.17, 15) is 4.39 Å². The van der Waals surface area contributed by atoms with E-state index >= 15 is 0 Å². The van der Waals surface area contributed by atoms with Crippen LogP contribution in [-0.2, 0) is 0 Å². The number of hydrogen-bond donors (Lipinski definition) is 0. The third-order valence-corrected chi connectivity index (χ3v) is 2.52. The van der Waals surface area contributed by atoms with Crippen LogP contribution in [0.1, 0.15) is 13.3 Å².